The third-order valence-electron chi connectivity index (χ3n) is 5.29. The Morgan fingerprint density at radius 3 is 2.82 bits per heavy atom. The Labute approximate surface area is 184 Å². The zero-order chi connectivity index (χ0) is 20.1. The van der Waals surface area contributed by atoms with E-state index in [0.717, 1.165) is 38.0 Å². The molecule has 1 aromatic carbocycles. The minimum atomic E-state index is -0.376. The number of nitrogens with zero attached hydrogens (tertiary/aromatic N) is 1. The van der Waals surface area contributed by atoms with Crippen LogP contribution in [0.1, 0.15) is 36.5 Å². The number of rotatable bonds is 0. The summed E-state index contributed by atoms with van der Waals surface area (Å²) >= 11 is 13.9. The molecule has 0 radical (unpaired) electrons. The highest BCUT2D eigenvalue weighted by molar-refractivity contribution is 9.10. The van der Waals surface area contributed by atoms with E-state index in [0.29, 0.717) is 11.2 Å². The Hall–Kier alpha value is -1.57. The zero-order valence-corrected chi connectivity index (χ0v) is 19.3. The molecule has 8 heteroatoms. The SMILES string of the molecule is CC1(C)c2[nH]c(Br)nc2C=CNC(=O)Cc2c([nH]c3cc(Br)ccc23)CC1Cl. The smallest absolute Gasteiger partial charge is 0.228 e. The van der Waals surface area contributed by atoms with Crippen LogP contribution in [0.4, 0.5) is 0 Å². The van der Waals surface area contributed by atoms with Crippen molar-refractivity contribution in [1.82, 2.24) is 20.3 Å². The first-order valence-electron chi connectivity index (χ1n) is 8.90. The lowest BCUT2D eigenvalue weighted by Crippen LogP contribution is -2.33. The first-order valence-corrected chi connectivity index (χ1v) is 10.9. The van der Waals surface area contributed by atoms with Gasteiger partial charge in [-0.05, 0) is 39.7 Å². The standard InChI is InChI=1S/C20H19Br2ClN4O/c1-20(2)16(23)9-15-12(11-4-3-10(21)7-14(11)25-15)8-17(28)24-6-5-13-18(20)27-19(22)26-13/h3-7,16,25H,8-9H2,1-2H3,(H,24,28)(H,26,27). The number of amides is 1. The molecular weight excluding hydrogens is 508 g/mol. The third kappa shape index (κ3) is 3.55. The molecule has 0 fully saturated rings. The number of hydrogen-bond acceptors (Lipinski definition) is 2. The first-order chi connectivity index (χ1) is 13.3. The van der Waals surface area contributed by atoms with Gasteiger partial charge in [-0.3, -0.25) is 4.79 Å². The molecule has 0 bridgehead atoms. The van der Waals surface area contributed by atoms with Crippen LogP contribution >= 0.6 is 43.5 Å². The maximum Gasteiger partial charge on any atom is 0.228 e. The third-order valence-corrected chi connectivity index (χ3v) is 6.86. The zero-order valence-electron chi connectivity index (χ0n) is 15.4. The first kappa shape index (κ1) is 19.7. The van der Waals surface area contributed by atoms with Crippen molar-refractivity contribution in [2.24, 2.45) is 0 Å². The summed E-state index contributed by atoms with van der Waals surface area (Å²) < 4.78 is 1.62. The number of halogens is 3. The van der Waals surface area contributed by atoms with Gasteiger partial charge < -0.3 is 15.3 Å². The van der Waals surface area contributed by atoms with Gasteiger partial charge >= 0.3 is 0 Å². The number of benzene rings is 1. The van der Waals surface area contributed by atoms with Gasteiger partial charge in [0.1, 0.15) is 0 Å². The van der Waals surface area contributed by atoms with E-state index < -0.39 is 0 Å². The molecule has 3 N–H and O–H groups in total. The number of fused-ring (bicyclic) bond motifs is 4. The second kappa shape index (κ2) is 7.35. The summed E-state index contributed by atoms with van der Waals surface area (Å²) in [7, 11) is 0. The number of aromatic nitrogens is 3. The van der Waals surface area contributed by atoms with E-state index in [2.05, 4.69) is 66.0 Å². The molecule has 1 atom stereocenters. The van der Waals surface area contributed by atoms with Gasteiger partial charge in [-0.15, -0.1) is 11.6 Å². The predicted molar refractivity (Wildman–Crippen MR) is 120 cm³/mol. The number of aromatic amines is 2. The van der Waals surface area contributed by atoms with Crippen molar-refractivity contribution in [3.8, 4) is 0 Å². The van der Waals surface area contributed by atoms with Gasteiger partial charge in [0, 0.05) is 44.5 Å². The van der Waals surface area contributed by atoms with E-state index in [1.807, 2.05) is 18.2 Å². The molecule has 0 spiro atoms. The molecule has 28 heavy (non-hydrogen) atoms. The van der Waals surface area contributed by atoms with Gasteiger partial charge in [0.2, 0.25) is 5.91 Å². The lowest BCUT2D eigenvalue weighted by molar-refractivity contribution is -0.119. The molecule has 4 rings (SSSR count). The highest BCUT2D eigenvalue weighted by Crippen LogP contribution is 2.37. The average molecular weight is 527 g/mol. The maximum atomic E-state index is 12.5. The van der Waals surface area contributed by atoms with Crippen LogP contribution < -0.4 is 5.32 Å². The topological polar surface area (TPSA) is 73.6 Å². The fourth-order valence-electron chi connectivity index (χ4n) is 3.64. The van der Waals surface area contributed by atoms with Crippen LogP contribution in [0.3, 0.4) is 0 Å². The number of carbonyl (C=O) groups is 1. The summed E-state index contributed by atoms with van der Waals surface area (Å²) in [6, 6.07) is 6.04. The lowest BCUT2D eigenvalue weighted by atomic mass is 9.81. The second-order valence-corrected chi connectivity index (χ2v) is 9.72. The van der Waals surface area contributed by atoms with Crippen molar-refractivity contribution < 1.29 is 4.79 Å². The van der Waals surface area contributed by atoms with Gasteiger partial charge in [0.05, 0.1) is 17.8 Å². The number of hydrogen-bond donors (Lipinski definition) is 3. The Morgan fingerprint density at radius 2 is 2.04 bits per heavy atom. The van der Waals surface area contributed by atoms with E-state index in [1.165, 1.54) is 0 Å². The summed E-state index contributed by atoms with van der Waals surface area (Å²) in [5.41, 5.74) is 4.26. The highest BCUT2D eigenvalue weighted by Gasteiger charge is 2.35. The van der Waals surface area contributed by atoms with E-state index in [1.54, 1.807) is 12.3 Å². The van der Waals surface area contributed by atoms with Crippen molar-refractivity contribution in [1.29, 1.82) is 0 Å². The van der Waals surface area contributed by atoms with Crippen molar-refractivity contribution in [2.45, 2.75) is 37.5 Å². The molecule has 1 aliphatic rings. The molecule has 0 saturated carbocycles. The van der Waals surface area contributed by atoms with E-state index in [4.69, 9.17) is 11.6 Å². The summed E-state index contributed by atoms with van der Waals surface area (Å²) in [5.74, 6) is -0.0802. The minimum Gasteiger partial charge on any atom is -0.358 e. The largest absolute Gasteiger partial charge is 0.358 e. The predicted octanol–water partition coefficient (Wildman–Crippen LogP) is 5.19. The van der Waals surface area contributed by atoms with Crippen molar-refractivity contribution in [3.63, 3.8) is 0 Å². The van der Waals surface area contributed by atoms with E-state index >= 15 is 0 Å². The molecule has 2 aromatic heterocycles. The van der Waals surface area contributed by atoms with Crippen LogP contribution in [0.15, 0.2) is 33.6 Å². The normalized spacial score (nSPS) is 19.5. The summed E-state index contributed by atoms with van der Waals surface area (Å²) in [5, 5.41) is 3.68. The Kier molecular flexibility index (Phi) is 5.18. The second-order valence-electron chi connectivity index (χ2n) is 7.53. The molecule has 0 aliphatic carbocycles. The Morgan fingerprint density at radius 1 is 1.25 bits per heavy atom. The lowest BCUT2D eigenvalue weighted by Gasteiger charge is -2.30. The molecule has 146 valence electrons. The monoisotopic (exact) mass is 524 g/mol. The number of H-pyrrole nitrogens is 2. The fourth-order valence-corrected chi connectivity index (χ4v) is 4.66. The van der Waals surface area contributed by atoms with Crippen molar-refractivity contribution >= 4 is 66.3 Å². The van der Waals surface area contributed by atoms with Crippen LogP contribution in [0.5, 0.6) is 0 Å². The Balaban J connectivity index is 1.86. The quantitative estimate of drug-likeness (QED) is 0.353. The molecule has 3 heterocycles. The summed E-state index contributed by atoms with van der Waals surface area (Å²) in [4.78, 5) is 23.8. The Bertz CT molecular complexity index is 1100. The van der Waals surface area contributed by atoms with Crippen LogP contribution in [0, 0.1) is 0 Å². The molecular formula is C20H19Br2ClN4O. The van der Waals surface area contributed by atoms with Gasteiger partial charge in [-0.2, -0.15) is 0 Å². The van der Waals surface area contributed by atoms with E-state index in [-0.39, 0.29) is 23.1 Å². The van der Waals surface area contributed by atoms with Gasteiger partial charge in [0.15, 0.2) is 4.73 Å². The fraction of sp³-hybridized carbons (Fsp3) is 0.300. The maximum absolute atomic E-state index is 12.5. The van der Waals surface area contributed by atoms with Crippen LogP contribution in [-0.4, -0.2) is 26.2 Å². The van der Waals surface area contributed by atoms with Crippen molar-refractivity contribution in [2.75, 3.05) is 0 Å². The molecule has 1 amide bonds. The molecule has 1 aliphatic heterocycles. The summed E-state index contributed by atoms with van der Waals surface area (Å²) in [6.45, 7) is 4.20. The number of imidazole rings is 1. The van der Waals surface area contributed by atoms with Gasteiger partial charge in [-0.1, -0.05) is 35.8 Å². The van der Waals surface area contributed by atoms with Crippen LogP contribution in [-0.2, 0) is 23.1 Å². The molecule has 5 nitrogen and oxygen atoms in total. The summed E-state index contributed by atoms with van der Waals surface area (Å²) in [6.07, 6.45) is 4.32. The molecule has 0 saturated heterocycles. The van der Waals surface area contributed by atoms with Gasteiger partial charge in [-0.25, -0.2) is 4.98 Å². The highest BCUT2D eigenvalue weighted by atomic mass is 79.9. The molecule has 1 unspecified atom stereocenters. The van der Waals surface area contributed by atoms with Crippen LogP contribution in [0.2, 0.25) is 0 Å². The van der Waals surface area contributed by atoms with Crippen molar-refractivity contribution in [3.05, 3.63) is 56.3 Å². The number of nitrogens with one attached hydrogen (secondary N) is 3. The number of carbonyl (C=O) groups excluding carboxylic acids is 1. The van der Waals surface area contributed by atoms with Crippen LogP contribution in [0.25, 0.3) is 17.0 Å². The van der Waals surface area contributed by atoms with Gasteiger partial charge in [0.25, 0.3) is 0 Å². The average Bonchev–Trinajstić information content (AvgIpc) is 3.15. The minimum absolute atomic E-state index is 0.0802. The van der Waals surface area contributed by atoms with E-state index in [9.17, 15) is 4.79 Å². The molecule has 3 aromatic rings. The number of alkyl halides is 1.